The second-order valence-corrected chi connectivity index (χ2v) is 3.94. The molecule has 0 saturated carbocycles. The van der Waals surface area contributed by atoms with Crippen LogP contribution < -0.4 is 0 Å². The standard InChI is InChI=1S/C14H15NO3/c1-17-14(18-2)13(16)9-11-8-7-10-5-3-4-6-12(10)15-11/h3-8,14H,9H2,1-2H3. The van der Waals surface area contributed by atoms with Crippen LogP contribution in [0.15, 0.2) is 36.4 Å². The van der Waals surface area contributed by atoms with E-state index in [4.69, 9.17) is 9.47 Å². The summed E-state index contributed by atoms with van der Waals surface area (Å²) in [6.07, 6.45) is -0.616. The lowest BCUT2D eigenvalue weighted by molar-refractivity contribution is -0.155. The number of para-hydroxylation sites is 1. The number of benzene rings is 1. The van der Waals surface area contributed by atoms with Crippen LogP contribution >= 0.6 is 0 Å². The first kappa shape index (κ1) is 12.7. The largest absolute Gasteiger partial charge is 0.349 e. The van der Waals surface area contributed by atoms with Crippen molar-refractivity contribution >= 4 is 16.7 Å². The molecule has 2 aromatic rings. The Bertz CT molecular complexity index is 549. The van der Waals surface area contributed by atoms with Crippen LogP contribution in [-0.2, 0) is 20.7 Å². The Balaban J connectivity index is 2.19. The molecule has 0 spiro atoms. The van der Waals surface area contributed by atoms with E-state index < -0.39 is 6.29 Å². The first-order valence-electron chi connectivity index (χ1n) is 5.67. The van der Waals surface area contributed by atoms with E-state index >= 15 is 0 Å². The number of ether oxygens (including phenoxy) is 2. The van der Waals surface area contributed by atoms with Gasteiger partial charge in [0, 0.05) is 25.3 Å². The van der Waals surface area contributed by atoms with Crippen molar-refractivity contribution in [1.82, 2.24) is 4.98 Å². The molecule has 0 atom stereocenters. The van der Waals surface area contributed by atoms with E-state index in [2.05, 4.69) is 4.98 Å². The molecule has 0 N–H and O–H groups in total. The Hall–Kier alpha value is -1.78. The van der Waals surface area contributed by atoms with Gasteiger partial charge in [-0.3, -0.25) is 9.78 Å². The van der Waals surface area contributed by atoms with E-state index in [9.17, 15) is 4.79 Å². The molecule has 0 saturated heterocycles. The molecule has 0 aliphatic rings. The van der Waals surface area contributed by atoms with Crippen molar-refractivity contribution in [3.05, 3.63) is 42.1 Å². The average Bonchev–Trinajstić information content (AvgIpc) is 2.40. The van der Waals surface area contributed by atoms with Gasteiger partial charge in [0.2, 0.25) is 6.29 Å². The van der Waals surface area contributed by atoms with Crippen molar-refractivity contribution in [1.29, 1.82) is 0 Å². The Morgan fingerprint density at radius 3 is 2.61 bits per heavy atom. The van der Waals surface area contributed by atoms with Crippen molar-refractivity contribution in [3.8, 4) is 0 Å². The minimum Gasteiger partial charge on any atom is -0.349 e. The monoisotopic (exact) mass is 245 g/mol. The van der Waals surface area contributed by atoms with E-state index in [0.717, 1.165) is 16.6 Å². The average molecular weight is 245 g/mol. The Kier molecular flexibility index (Phi) is 4.02. The number of aromatic nitrogens is 1. The fourth-order valence-electron chi connectivity index (χ4n) is 1.83. The number of pyridine rings is 1. The Morgan fingerprint density at radius 1 is 1.17 bits per heavy atom. The summed E-state index contributed by atoms with van der Waals surface area (Å²) in [6, 6.07) is 11.6. The van der Waals surface area contributed by atoms with Crippen LogP contribution in [0.4, 0.5) is 0 Å². The van der Waals surface area contributed by atoms with Crippen LogP contribution in [0.1, 0.15) is 5.69 Å². The number of methoxy groups -OCH3 is 2. The molecule has 2 rings (SSSR count). The summed E-state index contributed by atoms with van der Waals surface area (Å²) in [6.45, 7) is 0. The Labute approximate surface area is 106 Å². The van der Waals surface area contributed by atoms with Crippen molar-refractivity contribution in [2.24, 2.45) is 0 Å². The highest BCUT2D eigenvalue weighted by molar-refractivity contribution is 5.85. The SMILES string of the molecule is COC(OC)C(=O)Cc1ccc2ccccc2n1. The molecule has 94 valence electrons. The van der Waals surface area contributed by atoms with E-state index in [-0.39, 0.29) is 12.2 Å². The fourth-order valence-corrected chi connectivity index (χ4v) is 1.83. The number of Topliss-reactive ketones (excluding diaryl/α,β-unsaturated/α-hetero) is 1. The molecule has 0 amide bonds. The Morgan fingerprint density at radius 2 is 1.89 bits per heavy atom. The second kappa shape index (κ2) is 5.71. The molecule has 1 heterocycles. The van der Waals surface area contributed by atoms with E-state index in [1.165, 1.54) is 14.2 Å². The normalized spacial score (nSPS) is 11.1. The van der Waals surface area contributed by atoms with Gasteiger partial charge in [-0.05, 0) is 12.1 Å². The highest BCUT2D eigenvalue weighted by atomic mass is 16.7. The number of carbonyl (C=O) groups is 1. The van der Waals surface area contributed by atoms with Gasteiger partial charge in [0.25, 0.3) is 0 Å². The number of nitrogens with zero attached hydrogens (tertiary/aromatic N) is 1. The molecule has 0 unspecified atom stereocenters. The molecule has 0 aliphatic heterocycles. The zero-order valence-corrected chi connectivity index (χ0v) is 10.4. The summed E-state index contributed by atoms with van der Waals surface area (Å²) >= 11 is 0. The number of hydrogen-bond donors (Lipinski definition) is 0. The van der Waals surface area contributed by atoms with Crippen LogP contribution in [0.5, 0.6) is 0 Å². The lowest BCUT2D eigenvalue weighted by Gasteiger charge is -2.11. The maximum atomic E-state index is 11.8. The molecule has 1 aromatic heterocycles. The molecular formula is C14H15NO3. The molecule has 0 bridgehead atoms. The van der Waals surface area contributed by atoms with Crippen molar-refractivity contribution < 1.29 is 14.3 Å². The summed E-state index contributed by atoms with van der Waals surface area (Å²) in [5.74, 6) is -0.136. The summed E-state index contributed by atoms with van der Waals surface area (Å²) < 4.78 is 9.84. The molecule has 18 heavy (non-hydrogen) atoms. The van der Waals surface area contributed by atoms with Gasteiger partial charge in [0.15, 0.2) is 5.78 Å². The van der Waals surface area contributed by atoms with E-state index in [0.29, 0.717) is 0 Å². The van der Waals surface area contributed by atoms with Gasteiger partial charge in [0.1, 0.15) is 0 Å². The topological polar surface area (TPSA) is 48.4 Å². The van der Waals surface area contributed by atoms with Crippen LogP contribution in [0, 0.1) is 0 Å². The van der Waals surface area contributed by atoms with Gasteiger partial charge < -0.3 is 9.47 Å². The van der Waals surface area contributed by atoms with E-state index in [1.54, 1.807) is 0 Å². The number of rotatable bonds is 5. The number of carbonyl (C=O) groups excluding carboxylic acids is 1. The van der Waals surface area contributed by atoms with Crippen molar-refractivity contribution in [2.75, 3.05) is 14.2 Å². The number of hydrogen-bond acceptors (Lipinski definition) is 4. The third-order valence-corrected chi connectivity index (χ3v) is 2.70. The van der Waals surface area contributed by atoms with Crippen molar-refractivity contribution in [3.63, 3.8) is 0 Å². The summed E-state index contributed by atoms with van der Waals surface area (Å²) in [5.41, 5.74) is 1.60. The third kappa shape index (κ3) is 2.72. The smallest absolute Gasteiger partial charge is 0.217 e. The highest BCUT2D eigenvalue weighted by Crippen LogP contribution is 2.12. The molecule has 4 nitrogen and oxygen atoms in total. The quantitative estimate of drug-likeness (QED) is 0.756. The second-order valence-electron chi connectivity index (χ2n) is 3.94. The van der Waals surface area contributed by atoms with Crippen LogP contribution in [0.2, 0.25) is 0 Å². The predicted molar refractivity (Wildman–Crippen MR) is 68.3 cm³/mol. The minimum atomic E-state index is -0.821. The number of ketones is 1. The van der Waals surface area contributed by atoms with Gasteiger partial charge in [-0.25, -0.2) is 0 Å². The zero-order chi connectivity index (χ0) is 13.0. The summed E-state index contributed by atoms with van der Waals surface area (Å²) in [4.78, 5) is 16.3. The highest BCUT2D eigenvalue weighted by Gasteiger charge is 2.17. The molecule has 0 fully saturated rings. The lowest BCUT2D eigenvalue weighted by Crippen LogP contribution is -2.26. The van der Waals surface area contributed by atoms with Gasteiger partial charge in [0.05, 0.1) is 11.9 Å². The molecule has 4 heteroatoms. The summed E-state index contributed by atoms with van der Waals surface area (Å²) in [7, 11) is 2.89. The lowest BCUT2D eigenvalue weighted by atomic mass is 10.1. The first-order valence-corrected chi connectivity index (χ1v) is 5.67. The minimum absolute atomic E-state index is 0.136. The fraction of sp³-hybridized carbons (Fsp3) is 0.286. The predicted octanol–water partition coefficient (Wildman–Crippen LogP) is 1.97. The maximum absolute atomic E-state index is 11.8. The van der Waals surface area contributed by atoms with Gasteiger partial charge in [-0.15, -0.1) is 0 Å². The van der Waals surface area contributed by atoms with Gasteiger partial charge >= 0.3 is 0 Å². The van der Waals surface area contributed by atoms with Crippen LogP contribution in [-0.4, -0.2) is 31.3 Å². The molecule has 1 aromatic carbocycles. The number of fused-ring (bicyclic) bond motifs is 1. The van der Waals surface area contributed by atoms with Gasteiger partial charge in [-0.2, -0.15) is 0 Å². The molecule has 0 aliphatic carbocycles. The summed E-state index contributed by atoms with van der Waals surface area (Å²) in [5, 5.41) is 1.06. The van der Waals surface area contributed by atoms with Gasteiger partial charge in [-0.1, -0.05) is 24.3 Å². The van der Waals surface area contributed by atoms with Crippen LogP contribution in [0.25, 0.3) is 10.9 Å². The van der Waals surface area contributed by atoms with E-state index in [1.807, 2.05) is 36.4 Å². The van der Waals surface area contributed by atoms with Crippen LogP contribution in [0.3, 0.4) is 0 Å². The maximum Gasteiger partial charge on any atom is 0.217 e. The third-order valence-electron chi connectivity index (χ3n) is 2.70. The molecule has 0 radical (unpaired) electrons. The first-order chi connectivity index (χ1) is 8.74. The zero-order valence-electron chi connectivity index (χ0n) is 10.4. The van der Waals surface area contributed by atoms with Crippen molar-refractivity contribution in [2.45, 2.75) is 12.7 Å². The molecular weight excluding hydrogens is 230 g/mol.